The molecule has 4 N–H and O–H groups in total. The van der Waals surface area contributed by atoms with Crippen LogP contribution in [0.25, 0.3) is 11.3 Å². The average molecular weight is 839 g/mol. The van der Waals surface area contributed by atoms with Crippen LogP contribution in [-0.4, -0.2) is 126 Å². The standard InChI is InChI=1S/C43H56F2N6O9/c1-43(2,3)40(41-48-36(33-26-31(44)11-12-34(33)45)28-49(41)27-30-8-5-4-6-9-30)51(39(56)29-52)18-15-35(46)42(57)47-17-7-10-32(53)16-20-58-22-24-60-25-23-59-21-19-50-37(54)13-14-38(50)55/h4-6,8-9,11-14,26,28,35,40,52H,7,10,15-25,27,29,46H2,1-3H3,(H,47,57)/t35-,40-/m0/s1. The van der Waals surface area contributed by atoms with Crippen molar-refractivity contribution < 1.29 is 52.1 Å². The van der Waals surface area contributed by atoms with Crippen LogP contribution in [0.3, 0.4) is 0 Å². The predicted molar refractivity (Wildman–Crippen MR) is 217 cm³/mol. The number of halogens is 2. The number of carbonyl (C=O) groups excluding carboxylic acids is 5. The number of imidazole rings is 1. The van der Waals surface area contributed by atoms with Crippen molar-refractivity contribution in [2.75, 3.05) is 65.9 Å². The van der Waals surface area contributed by atoms with Gasteiger partial charge in [-0.15, -0.1) is 0 Å². The zero-order chi connectivity index (χ0) is 43.7. The molecule has 0 unspecified atom stereocenters. The van der Waals surface area contributed by atoms with E-state index in [4.69, 9.17) is 24.9 Å². The maximum atomic E-state index is 15.0. The molecule has 0 spiro atoms. The molecule has 0 aliphatic carbocycles. The Morgan fingerprint density at radius 2 is 1.57 bits per heavy atom. The molecule has 1 aromatic heterocycles. The zero-order valence-corrected chi connectivity index (χ0v) is 34.4. The van der Waals surface area contributed by atoms with Crippen molar-refractivity contribution in [3.63, 3.8) is 0 Å². The molecule has 1 aliphatic heterocycles. The van der Waals surface area contributed by atoms with Crippen LogP contribution in [0.4, 0.5) is 8.78 Å². The number of aliphatic hydroxyl groups excluding tert-OH is 1. The second kappa shape index (κ2) is 23.6. The maximum absolute atomic E-state index is 15.0. The fourth-order valence-electron chi connectivity index (χ4n) is 6.56. The number of benzene rings is 2. The highest BCUT2D eigenvalue weighted by molar-refractivity contribution is 6.12. The van der Waals surface area contributed by atoms with E-state index in [1.54, 1.807) is 10.8 Å². The van der Waals surface area contributed by atoms with Gasteiger partial charge < -0.3 is 39.8 Å². The summed E-state index contributed by atoms with van der Waals surface area (Å²) in [5.74, 6) is -2.77. The van der Waals surface area contributed by atoms with Crippen molar-refractivity contribution in [3.8, 4) is 11.3 Å². The highest BCUT2D eigenvalue weighted by Crippen LogP contribution is 2.39. The summed E-state index contributed by atoms with van der Waals surface area (Å²) in [6, 6.07) is 10.7. The largest absolute Gasteiger partial charge is 0.387 e. The monoisotopic (exact) mass is 838 g/mol. The first-order valence-corrected chi connectivity index (χ1v) is 20.0. The highest BCUT2D eigenvalue weighted by Gasteiger charge is 2.38. The number of nitrogens with zero attached hydrogens (tertiary/aromatic N) is 4. The number of Topliss-reactive ketones (excluding diaryl/α,β-unsaturated/α-hetero) is 1. The van der Waals surface area contributed by atoms with Gasteiger partial charge in [-0.05, 0) is 42.0 Å². The molecular weight excluding hydrogens is 783 g/mol. The van der Waals surface area contributed by atoms with E-state index in [9.17, 15) is 33.5 Å². The molecule has 2 aromatic carbocycles. The van der Waals surface area contributed by atoms with E-state index in [0.29, 0.717) is 32.0 Å². The molecule has 2 atom stereocenters. The van der Waals surface area contributed by atoms with Crippen LogP contribution in [0.1, 0.15) is 63.9 Å². The Morgan fingerprint density at radius 1 is 0.917 bits per heavy atom. The normalized spacial score (nSPS) is 13.8. The molecule has 2 heterocycles. The summed E-state index contributed by atoms with van der Waals surface area (Å²) >= 11 is 0. The van der Waals surface area contributed by atoms with Crippen LogP contribution >= 0.6 is 0 Å². The minimum atomic E-state index is -1.03. The highest BCUT2D eigenvalue weighted by atomic mass is 19.1. The first-order valence-electron chi connectivity index (χ1n) is 20.0. The molecule has 0 fully saturated rings. The first kappa shape index (κ1) is 47.5. The number of aliphatic hydroxyl groups is 1. The van der Waals surface area contributed by atoms with Crippen LogP contribution in [0, 0.1) is 17.0 Å². The maximum Gasteiger partial charge on any atom is 0.253 e. The van der Waals surface area contributed by atoms with Crippen LogP contribution in [0.5, 0.6) is 0 Å². The van der Waals surface area contributed by atoms with Crippen LogP contribution in [0.2, 0.25) is 0 Å². The number of nitrogens with one attached hydrogen (secondary N) is 1. The van der Waals surface area contributed by atoms with Gasteiger partial charge in [0.1, 0.15) is 29.8 Å². The zero-order valence-electron chi connectivity index (χ0n) is 34.4. The lowest BCUT2D eigenvalue weighted by molar-refractivity contribution is -0.140. The minimum Gasteiger partial charge on any atom is -0.387 e. The molecule has 17 heteroatoms. The average Bonchev–Trinajstić information content (AvgIpc) is 3.77. The molecule has 15 nitrogen and oxygen atoms in total. The Hall–Kier alpha value is -5.20. The number of amides is 4. The lowest BCUT2D eigenvalue weighted by Gasteiger charge is -2.40. The molecule has 4 amide bonds. The SMILES string of the molecule is CC(C)(C)[C@H](c1nc(-c2cc(F)ccc2F)cn1Cc1ccccc1)N(CC[C@H](N)C(=O)NCCCC(=O)CCOCCOCCOCCN1C(=O)C=CC1=O)C(=O)CO. The van der Waals surface area contributed by atoms with Gasteiger partial charge in [0.15, 0.2) is 0 Å². The molecule has 0 saturated carbocycles. The Labute approximate surface area is 348 Å². The minimum absolute atomic E-state index is 0.0294. The van der Waals surface area contributed by atoms with Gasteiger partial charge in [-0.25, -0.2) is 13.8 Å². The number of hydrogen-bond donors (Lipinski definition) is 3. The summed E-state index contributed by atoms with van der Waals surface area (Å²) in [6.45, 7) is 7.11. The molecule has 1 aliphatic rings. The van der Waals surface area contributed by atoms with E-state index in [2.05, 4.69) is 5.32 Å². The van der Waals surface area contributed by atoms with Gasteiger partial charge >= 0.3 is 0 Å². The number of nitrogens with two attached hydrogens (primary N) is 1. The van der Waals surface area contributed by atoms with Gasteiger partial charge in [0, 0.05) is 56.4 Å². The lowest BCUT2D eigenvalue weighted by Crippen LogP contribution is -2.47. The molecule has 0 saturated heterocycles. The molecule has 60 heavy (non-hydrogen) atoms. The Balaban J connectivity index is 1.22. The molecule has 4 rings (SSSR count). The second-order valence-electron chi connectivity index (χ2n) is 15.3. The summed E-state index contributed by atoms with van der Waals surface area (Å²) in [6.07, 6.45) is 4.89. The smallest absolute Gasteiger partial charge is 0.253 e. The van der Waals surface area contributed by atoms with Crippen molar-refractivity contribution in [1.29, 1.82) is 0 Å². The number of aromatic nitrogens is 2. The van der Waals surface area contributed by atoms with E-state index in [1.807, 2.05) is 51.1 Å². The number of ether oxygens (including phenoxy) is 3. The van der Waals surface area contributed by atoms with E-state index in [1.165, 1.54) is 17.1 Å². The topological polar surface area (TPSA) is 196 Å². The predicted octanol–water partition coefficient (Wildman–Crippen LogP) is 3.33. The summed E-state index contributed by atoms with van der Waals surface area (Å²) in [5, 5.41) is 12.8. The first-order chi connectivity index (χ1) is 28.7. The molecular formula is C43H56F2N6O9. The summed E-state index contributed by atoms with van der Waals surface area (Å²) < 4.78 is 47.3. The third-order valence-electron chi connectivity index (χ3n) is 9.62. The fraction of sp³-hybridized carbons (Fsp3) is 0.488. The van der Waals surface area contributed by atoms with Gasteiger partial charge in [0.2, 0.25) is 11.8 Å². The Morgan fingerprint density at radius 3 is 2.22 bits per heavy atom. The number of ketones is 1. The van der Waals surface area contributed by atoms with Crippen molar-refractivity contribution in [2.45, 2.75) is 65.1 Å². The molecule has 0 bridgehead atoms. The van der Waals surface area contributed by atoms with Gasteiger partial charge in [-0.2, -0.15) is 0 Å². The van der Waals surface area contributed by atoms with E-state index in [0.717, 1.165) is 28.7 Å². The van der Waals surface area contributed by atoms with Crippen molar-refractivity contribution >= 4 is 29.4 Å². The second-order valence-corrected chi connectivity index (χ2v) is 15.3. The van der Waals surface area contributed by atoms with Crippen molar-refractivity contribution in [3.05, 3.63) is 89.9 Å². The summed E-state index contributed by atoms with van der Waals surface area (Å²) in [7, 11) is 0. The number of hydrogen-bond acceptors (Lipinski definition) is 11. The quantitative estimate of drug-likeness (QED) is 0.0793. The summed E-state index contributed by atoms with van der Waals surface area (Å²) in [5.41, 5.74) is 6.60. The van der Waals surface area contributed by atoms with Crippen LogP contribution in [-0.2, 0) is 44.7 Å². The van der Waals surface area contributed by atoms with Gasteiger partial charge in [0.05, 0.1) is 64.0 Å². The van der Waals surface area contributed by atoms with Gasteiger partial charge in [-0.3, -0.25) is 28.9 Å². The van der Waals surface area contributed by atoms with Gasteiger partial charge in [-0.1, -0.05) is 51.1 Å². The van der Waals surface area contributed by atoms with Crippen molar-refractivity contribution in [1.82, 2.24) is 24.7 Å². The Kier molecular flexibility index (Phi) is 18.6. The van der Waals surface area contributed by atoms with Gasteiger partial charge in [0.25, 0.3) is 11.8 Å². The van der Waals surface area contributed by atoms with Crippen LogP contribution < -0.4 is 11.1 Å². The third kappa shape index (κ3) is 14.5. The number of carbonyl (C=O) groups is 5. The van der Waals surface area contributed by atoms with Crippen LogP contribution in [0.15, 0.2) is 66.9 Å². The number of imide groups is 1. The molecule has 3 aromatic rings. The Bertz CT molecular complexity index is 1920. The third-order valence-corrected chi connectivity index (χ3v) is 9.62. The fourth-order valence-corrected chi connectivity index (χ4v) is 6.56. The molecule has 326 valence electrons. The van der Waals surface area contributed by atoms with E-state index in [-0.39, 0.29) is 94.2 Å². The van der Waals surface area contributed by atoms with E-state index >= 15 is 4.39 Å². The molecule has 0 radical (unpaired) electrons. The van der Waals surface area contributed by atoms with E-state index < -0.39 is 47.6 Å². The van der Waals surface area contributed by atoms with Crippen molar-refractivity contribution in [2.24, 2.45) is 11.1 Å². The lowest BCUT2D eigenvalue weighted by atomic mass is 9.84. The number of rotatable bonds is 26. The summed E-state index contributed by atoms with van der Waals surface area (Å²) in [4.78, 5) is 69.0.